The molecule has 1 N–H and O–H groups in total. The van der Waals surface area contributed by atoms with Gasteiger partial charge in [-0.25, -0.2) is 9.67 Å². The molecule has 0 aliphatic heterocycles. The molecule has 0 spiro atoms. The second kappa shape index (κ2) is 6.51. The number of nitrogens with zero attached hydrogens (tertiary/aromatic N) is 4. The first-order valence-electron chi connectivity index (χ1n) is 7.76. The van der Waals surface area contributed by atoms with Gasteiger partial charge in [0.2, 0.25) is 5.13 Å². The molecule has 3 heterocycles. The zero-order valence-electron chi connectivity index (χ0n) is 13.6. The van der Waals surface area contributed by atoms with Crippen LogP contribution in [0, 0.1) is 0 Å². The second-order valence-corrected chi connectivity index (χ2v) is 6.44. The molecule has 136 valence electrons. The van der Waals surface area contributed by atoms with Crippen molar-refractivity contribution in [2.75, 3.05) is 0 Å². The molecule has 0 radical (unpaired) electrons. The lowest BCUT2D eigenvalue weighted by molar-refractivity contribution is -0.142. The quantitative estimate of drug-likeness (QED) is 0.549. The monoisotopic (exact) mass is 388 g/mol. The van der Waals surface area contributed by atoms with Gasteiger partial charge in [0.25, 0.3) is 0 Å². The van der Waals surface area contributed by atoms with E-state index in [9.17, 15) is 18.3 Å². The van der Waals surface area contributed by atoms with Crippen molar-refractivity contribution in [3.8, 4) is 33.5 Å². The van der Waals surface area contributed by atoms with Crippen molar-refractivity contribution in [3.63, 3.8) is 0 Å². The average molecular weight is 388 g/mol. The third-order valence-corrected chi connectivity index (χ3v) is 4.56. The summed E-state index contributed by atoms with van der Waals surface area (Å²) in [5, 5.41) is 15.4. The Bertz CT molecular complexity index is 1090. The lowest BCUT2D eigenvalue weighted by atomic mass is 10.1. The van der Waals surface area contributed by atoms with Crippen LogP contribution < -0.4 is 0 Å². The van der Waals surface area contributed by atoms with Gasteiger partial charge in [-0.1, -0.05) is 18.2 Å². The number of thiazole rings is 1. The molecule has 4 rings (SSSR count). The Kier molecular flexibility index (Phi) is 4.15. The van der Waals surface area contributed by atoms with Gasteiger partial charge in [-0.2, -0.15) is 18.3 Å². The SMILES string of the molecule is Oc1cccc(-c2cc(C(F)(F)F)n(-c3nc(-c4ccccn4)cs3)n2)c1. The van der Waals surface area contributed by atoms with E-state index in [4.69, 9.17) is 0 Å². The standard InChI is InChI=1S/C18H11F3N4OS/c19-18(20,21)16-9-14(11-4-3-5-12(26)8-11)24-25(16)17-23-15(10-27-17)13-6-1-2-7-22-13/h1-10,26H. The second-order valence-electron chi connectivity index (χ2n) is 5.61. The largest absolute Gasteiger partial charge is 0.508 e. The highest BCUT2D eigenvalue weighted by atomic mass is 32.1. The summed E-state index contributed by atoms with van der Waals surface area (Å²) in [5.41, 5.74) is 0.559. The van der Waals surface area contributed by atoms with Crippen molar-refractivity contribution in [3.05, 3.63) is 65.8 Å². The van der Waals surface area contributed by atoms with Crippen LogP contribution >= 0.6 is 11.3 Å². The van der Waals surface area contributed by atoms with Gasteiger partial charge in [0.05, 0.1) is 11.4 Å². The molecule has 0 fully saturated rings. The van der Waals surface area contributed by atoms with E-state index in [0.717, 1.165) is 22.1 Å². The van der Waals surface area contributed by atoms with Crippen molar-refractivity contribution in [1.82, 2.24) is 19.7 Å². The van der Waals surface area contributed by atoms with Crippen LogP contribution in [0.1, 0.15) is 5.69 Å². The number of hydrogen-bond acceptors (Lipinski definition) is 5. The number of rotatable bonds is 3. The molecule has 0 saturated heterocycles. The number of aromatic nitrogens is 4. The van der Waals surface area contributed by atoms with Crippen molar-refractivity contribution in [1.29, 1.82) is 0 Å². The summed E-state index contributed by atoms with van der Waals surface area (Å²) in [5.74, 6) is -0.0534. The van der Waals surface area contributed by atoms with Gasteiger partial charge in [0.15, 0.2) is 5.69 Å². The van der Waals surface area contributed by atoms with E-state index in [2.05, 4.69) is 15.1 Å². The average Bonchev–Trinajstić information content (AvgIpc) is 3.29. The molecule has 0 atom stereocenters. The molecule has 0 unspecified atom stereocenters. The maximum atomic E-state index is 13.5. The minimum Gasteiger partial charge on any atom is -0.508 e. The van der Waals surface area contributed by atoms with E-state index in [0.29, 0.717) is 17.0 Å². The summed E-state index contributed by atoms with van der Waals surface area (Å²) in [6, 6.07) is 12.1. The Morgan fingerprint density at radius 3 is 2.52 bits per heavy atom. The molecule has 0 aliphatic carbocycles. The van der Waals surface area contributed by atoms with E-state index in [1.165, 1.54) is 12.1 Å². The van der Waals surface area contributed by atoms with E-state index >= 15 is 0 Å². The molecule has 0 amide bonds. The molecule has 27 heavy (non-hydrogen) atoms. The zero-order chi connectivity index (χ0) is 19.0. The highest BCUT2D eigenvalue weighted by molar-refractivity contribution is 7.12. The predicted molar refractivity (Wildman–Crippen MR) is 94.6 cm³/mol. The number of halogens is 3. The molecule has 1 aromatic carbocycles. The smallest absolute Gasteiger partial charge is 0.433 e. The van der Waals surface area contributed by atoms with Crippen molar-refractivity contribution >= 4 is 11.3 Å². The number of phenols is 1. The van der Waals surface area contributed by atoms with Crippen LogP contribution in [0.4, 0.5) is 13.2 Å². The molecule has 3 aromatic heterocycles. The number of hydrogen-bond donors (Lipinski definition) is 1. The van der Waals surface area contributed by atoms with Crippen LogP contribution in [-0.2, 0) is 6.18 Å². The number of aromatic hydroxyl groups is 1. The first-order valence-corrected chi connectivity index (χ1v) is 8.64. The fourth-order valence-electron chi connectivity index (χ4n) is 2.53. The third-order valence-electron chi connectivity index (χ3n) is 3.74. The Hall–Kier alpha value is -3.20. The Balaban J connectivity index is 1.82. The summed E-state index contributed by atoms with van der Waals surface area (Å²) in [6.07, 6.45) is -3.03. The minimum absolute atomic E-state index is 0.0534. The molecule has 0 bridgehead atoms. The van der Waals surface area contributed by atoms with Crippen LogP contribution in [0.2, 0.25) is 0 Å². The molecule has 4 aromatic rings. The van der Waals surface area contributed by atoms with E-state index in [1.807, 2.05) is 0 Å². The number of alkyl halides is 3. The minimum atomic E-state index is -4.61. The molecule has 0 aliphatic rings. The maximum Gasteiger partial charge on any atom is 0.433 e. The van der Waals surface area contributed by atoms with Gasteiger partial charge in [-0.3, -0.25) is 4.98 Å². The summed E-state index contributed by atoms with van der Waals surface area (Å²) >= 11 is 1.04. The summed E-state index contributed by atoms with van der Waals surface area (Å²) in [4.78, 5) is 8.41. The van der Waals surface area contributed by atoms with Crippen LogP contribution in [0.5, 0.6) is 5.75 Å². The molecule has 0 saturated carbocycles. The first-order chi connectivity index (χ1) is 12.9. The zero-order valence-corrected chi connectivity index (χ0v) is 14.4. The number of benzene rings is 1. The highest BCUT2D eigenvalue weighted by Gasteiger charge is 2.37. The van der Waals surface area contributed by atoms with Crippen molar-refractivity contribution < 1.29 is 18.3 Å². The summed E-state index contributed by atoms with van der Waals surface area (Å²) in [6.45, 7) is 0. The van der Waals surface area contributed by atoms with Gasteiger partial charge in [0.1, 0.15) is 11.4 Å². The van der Waals surface area contributed by atoms with Crippen LogP contribution in [0.15, 0.2) is 60.1 Å². The van der Waals surface area contributed by atoms with E-state index in [-0.39, 0.29) is 16.6 Å². The lowest BCUT2D eigenvalue weighted by Crippen LogP contribution is -2.13. The van der Waals surface area contributed by atoms with Crippen LogP contribution in [0.3, 0.4) is 0 Å². The topological polar surface area (TPSA) is 63.8 Å². The van der Waals surface area contributed by atoms with E-state index < -0.39 is 11.9 Å². The fraction of sp³-hybridized carbons (Fsp3) is 0.0556. The van der Waals surface area contributed by atoms with Crippen molar-refractivity contribution in [2.45, 2.75) is 6.18 Å². The fourth-order valence-corrected chi connectivity index (χ4v) is 3.31. The lowest BCUT2D eigenvalue weighted by Gasteiger charge is -2.07. The van der Waals surface area contributed by atoms with Gasteiger partial charge in [0, 0.05) is 17.1 Å². The molecular weight excluding hydrogens is 377 g/mol. The summed E-state index contributed by atoms with van der Waals surface area (Å²) < 4.78 is 41.4. The first kappa shape index (κ1) is 17.2. The Morgan fingerprint density at radius 2 is 1.81 bits per heavy atom. The van der Waals surface area contributed by atoms with Gasteiger partial charge in [-0.05, 0) is 30.3 Å². The van der Waals surface area contributed by atoms with E-state index in [1.54, 1.807) is 41.9 Å². The number of pyridine rings is 1. The normalized spacial score (nSPS) is 11.7. The number of phenolic OH excluding ortho intramolecular Hbond substituents is 1. The molecule has 9 heteroatoms. The molecular formula is C18H11F3N4OS. The van der Waals surface area contributed by atoms with Gasteiger partial charge < -0.3 is 5.11 Å². The van der Waals surface area contributed by atoms with Gasteiger partial charge in [-0.15, -0.1) is 11.3 Å². The van der Waals surface area contributed by atoms with Crippen LogP contribution in [0.25, 0.3) is 27.8 Å². The predicted octanol–water partition coefficient (Wildman–Crippen LogP) is 4.78. The Morgan fingerprint density at radius 1 is 0.963 bits per heavy atom. The maximum absolute atomic E-state index is 13.5. The van der Waals surface area contributed by atoms with Crippen LogP contribution in [-0.4, -0.2) is 24.9 Å². The highest BCUT2D eigenvalue weighted by Crippen LogP contribution is 2.35. The Labute approximate surface area is 155 Å². The third kappa shape index (κ3) is 3.41. The van der Waals surface area contributed by atoms with Crippen molar-refractivity contribution in [2.24, 2.45) is 0 Å². The summed E-state index contributed by atoms with van der Waals surface area (Å²) in [7, 11) is 0. The molecule has 5 nitrogen and oxygen atoms in total. The van der Waals surface area contributed by atoms with Gasteiger partial charge >= 0.3 is 6.18 Å².